The number of hydrogen-bond acceptors (Lipinski definition) is 7. The number of likely N-dealkylation sites (tertiary alicyclic amines) is 1. The molecular weight excluding hydrogens is 567 g/mol. The normalized spacial score (nSPS) is 17.2. The molecule has 0 bridgehead atoms. The summed E-state index contributed by atoms with van der Waals surface area (Å²) in [4.78, 5) is 7.25. The summed E-state index contributed by atoms with van der Waals surface area (Å²) < 4.78 is 40.7. The van der Waals surface area contributed by atoms with Gasteiger partial charge in [0.05, 0.1) is 18.5 Å². The Hall–Kier alpha value is -2.69. The van der Waals surface area contributed by atoms with E-state index >= 15 is 0 Å². The van der Waals surface area contributed by atoms with Crippen LogP contribution in [-0.4, -0.2) is 51.1 Å². The van der Waals surface area contributed by atoms with Crippen LogP contribution in [0, 0.1) is 5.92 Å². The van der Waals surface area contributed by atoms with Crippen molar-refractivity contribution in [2.24, 2.45) is 11.7 Å². The molecule has 1 aliphatic carbocycles. The SMILES string of the molecule is C/C=C(NOC)\C(=C\CCC)NCC1CCCCC1.CCC(C)=C(C)NCc1ccccc1OC(F)(F)F.CN1CC(N)C1. The van der Waals surface area contributed by atoms with E-state index in [1.54, 1.807) is 19.2 Å². The average Bonchev–Trinajstić information content (AvgIpc) is 2.99. The molecule has 1 saturated carbocycles. The van der Waals surface area contributed by atoms with Crippen molar-refractivity contribution in [3.8, 4) is 5.75 Å². The molecule has 5 N–H and O–H groups in total. The van der Waals surface area contributed by atoms with Crippen molar-refractivity contribution in [3.05, 3.63) is 64.6 Å². The van der Waals surface area contributed by atoms with Gasteiger partial charge in [0.25, 0.3) is 0 Å². The van der Waals surface area contributed by atoms with Gasteiger partial charge in [-0.1, -0.05) is 75.5 Å². The summed E-state index contributed by atoms with van der Waals surface area (Å²) in [5, 5.41) is 6.72. The number of nitrogens with two attached hydrogens (primary N) is 1. The molecule has 7 nitrogen and oxygen atoms in total. The molecule has 2 fully saturated rings. The van der Waals surface area contributed by atoms with Crippen LogP contribution in [0.2, 0.25) is 0 Å². The summed E-state index contributed by atoms with van der Waals surface area (Å²) >= 11 is 0. The van der Waals surface area contributed by atoms with Crippen molar-refractivity contribution in [2.45, 2.75) is 105 Å². The minimum absolute atomic E-state index is 0.163. The maximum atomic E-state index is 12.3. The number of benzene rings is 1. The Balaban J connectivity index is 0.000000369. The molecular formula is C34H58F3N5O2. The summed E-state index contributed by atoms with van der Waals surface area (Å²) in [7, 11) is 3.73. The number of nitrogens with zero attached hydrogens (tertiary/aromatic N) is 1. The standard InChI is InChI=1S/C16H30N2O.C14H18F3NO.C4H10N2/c1-4-6-12-16(15(5-2)18-19-3)17-13-14-10-8-7-9-11-14;1-4-10(2)11(3)18-9-12-7-5-6-8-13(12)19-14(15,16)17;1-6-2-4(5)3-6/h5,12,14,17-18H,4,6-11,13H2,1-3H3;5-8,18H,4,9H2,1-3H3;4H,2-3,5H2,1H3/b15-5+,16-12-;;. The summed E-state index contributed by atoms with van der Waals surface area (Å²) in [6.45, 7) is 13.7. The van der Waals surface area contributed by atoms with Crippen LogP contribution in [0.3, 0.4) is 0 Å². The second-order valence-electron chi connectivity index (χ2n) is 11.5. The number of alkyl halides is 3. The number of hydroxylamine groups is 1. The third kappa shape index (κ3) is 17.0. The Kier molecular flexibility index (Phi) is 19.6. The molecule has 1 saturated heterocycles. The molecule has 10 heteroatoms. The van der Waals surface area contributed by atoms with E-state index in [1.165, 1.54) is 61.9 Å². The van der Waals surface area contributed by atoms with Crippen LogP contribution in [0.25, 0.3) is 0 Å². The van der Waals surface area contributed by atoms with Gasteiger partial charge in [-0.05, 0) is 65.5 Å². The Bertz CT molecular complexity index is 1010. The zero-order valence-corrected chi connectivity index (χ0v) is 28.1. The fraction of sp³-hybridized carbons (Fsp3) is 0.647. The van der Waals surface area contributed by atoms with Crippen molar-refractivity contribution >= 4 is 0 Å². The van der Waals surface area contributed by atoms with Crippen LogP contribution in [0.15, 0.2) is 59.1 Å². The van der Waals surface area contributed by atoms with Gasteiger partial charge in [-0.3, -0.25) is 10.3 Å². The van der Waals surface area contributed by atoms with Gasteiger partial charge in [-0.15, -0.1) is 13.2 Å². The van der Waals surface area contributed by atoms with Crippen molar-refractivity contribution < 1.29 is 22.7 Å². The molecule has 252 valence electrons. The number of unbranched alkanes of at least 4 members (excludes halogenated alkanes) is 1. The molecule has 2 aliphatic rings. The van der Waals surface area contributed by atoms with Crippen LogP contribution < -0.4 is 26.6 Å². The van der Waals surface area contributed by atoms with Crippen LogP contribution in [-0.2, 0) is 11.4 Å². The van der Waals surface area contributed by atoms with E-state index in [1.807, 2.05) is 27.7 Å². The van der Waals surface area contributed by atoms with Crippen LogP contribution in [0.5, 0.6) is 5.75 Å². The highest BCUT2D eigenvalue weighted by Crippen LogP contribution is 2.26. The number of para-hydroxylation sites is 1. The largest absolute Gasteiger partial charge is 0.573 e. The van der Waals surface area contributed by atoms with E-state index in [9.17, 15) is 13.2 Å². The first kappa shape index (κ1) is 39.3. The Morgan fingerprint density at radius 3 is 2.20 bits per heavy atom. The number of hydrogen-bond donors (Lipinski definition) is 4. The van der Waals surface area contributed by atoms with Crippen LogP contribution >= 0.6 is 0 Å². The smallest absolute Gasteiger partial charge is 0.405 e. The molecule has 1 aromatic rings. The van der Waals surface area contributed by atoms with Crippen LogP contribution in [0.1, 0.15) is 91.5 Å². The third-order valence-corrected chi connectivity index (χ3v) is 7.74. The van der Waals surface area contributed by atoms with Gasteiger partial charge < -0.3 is 26.0 Å². The molecule has 3 rings (SSSR count). The Morgan fingerprint density at radius 2 is 1.70 bits per heavy atom. The Labute approximate surface area is 264 Å². The van der Waals surface area contributed by atoms with Gasteiger partial charge in [0.15, 0.2) is 0 Å². The second-order valence-corrected chi connectivity index (χ2v) is 11.5. The zero-order valence-electron chi connectivity index (χ0n) is 28.1. The number of nitrogens with one attached hydrogen (secondary N) is 3. The van der Waals surface area contributed by atoms with E-state index in [4.69, 9.17) is 10.6 Å². The molecule has 0 unspecified atom stereocenters. The van der Waals surface area contributed by atoms with Gasteiger partial charge in [-0.2, -0.15) is 0 Å². The molecule has 1 heterocycles. The number of ether oxygens (including phenoxy) is 1. The fourth-order valence-corrected chi connectivity index (χ4v) is 4.86. The summed E-state index contributed by atoms with van der Waals surface area (Å²) in [6, 6.07) is 6.60. The van der Waals surface area contributed by atoms with E-state index in [-0.39, 0.29) is 5.75 Å². The molecule has 0 aromatic heterocycles. The van der Waals surface area contributed by atoms with Crippen molar-refractivity contribution in [1.82, 2.24) is 21.0 Å². The Morgan fingerprint density at radius 1 is 1.05 bits per heavy atom. The fourth-order valence-electron chi connectivity index (χ4n) is 4.86. The monoisotopic (exact) mass is 625 g/mol. The number of likely N-dealkylation sites (N-methyl/N-ethyl adjacent to an activating group) is 1. The summed E-state index contributed by atoms with van der Waals surface area (Å²) in [6.07, 6.45) is 9.77. The molecule has 1 aromatic carbocycles. The number of halogens is 3. The highest BCUT2D eigenvalue weighted by molar-refractivity contribution is 5.33. The molecule has 44 heavy (non-hydrogen) atoms. The number of allylic oxidation sites excluding steroid dienone is 4. The highest BCUT2D eigenvalue weighted by atomic mass is 19.4. The predicted octanol–water partition coefficient (Wildman–Crippen LogP) is 7.53. The summed E-state index contributed by atoms with van der Waals surface area (Å²) in [5.74, 6) is 0.670. The summed E-state index contributed by atoms with van der Waals surface area (Å²) in [5.41, 5.74) is 13.2. The average molecular weight is 626 g/mol. The lowest BCUT2D eigenvalue weighted by atomic mass is 9.89. The lowest BCUT2D eigenvalue weighted by molar-refractivity contribution is -0.274. The van der Waals surface area contributed by atoms with Crippen molar-refractivity contribution in [3.63, 3.8) is 0 Å². The van der Waals surface area contributed by atoms with Crippen LogP contribution in [0.4, 0.5) is 13.2 Å². The van der Waals surface area contributed by atoms with Gasteiger partial charge >= 0.3 is 6.36 Å². The topological polar surface area (TPSA) is 83.8 Å². The lowest BCUT2D eigenvalue weighted by Gasteiger charge is -2.32. The van der Waals surface area contributed by atoms with E-state index < -0.39 is 6.36 Å². The molecule has 1 aliphatic heterocycles. The van der Waals surface area contributed by atoms with Gasteiger partial charge in [0.2, 0.25) is 0 Å². The quantitative estimate of drug-likeness (QED) is 0.133. The molecule has 0 spiro atoms. The van der Waals surface area contributed by atoms with Gasteiger partial charge in [-0.25, -0.2) is 0 Å². The van der Waals surface area contributed by atoms with Crippen molar-refractivity contribution in [2.75, 3.05) is 33.8 Å². The maximum absolute atomic E-state index is 12.3. The maximum Gasteiger partial charge on any atom is 0.573 e. The van der Waals surface area contributed by atoms with Gasteiger partial charge in [0.1, 0.15) is 5.75 Å². The van der Waals surface area contributed by atoms with E-state index in [2.05, 4.69) is 51.9 Å². The number of rotatable bonds is 13. The van der Waals surface area contributed by atoms with Crippen molar-refractivity contribution in [1.29, 1.82) is 0 Å². The highest BCUT2D eigenvalue weighted by Gasteiger charge is 2.31. The molecule has 0 amide bonds. The zero-order chi connectivity index (χ0) is 33.0. The van der Waals surface area contributed by atoms with Gasteiger partial charge in [0, 0.05) is 43.5 Å². The molecule has 0 radical (unpaired) electrons. The predicted molar refractivity (Wildman–Crippen MR) is 176 cm³/mol. The third-order valence-electron chi connectivity index (χ3n) is 7.74. The molecule has 0 atom stereocenters. The minimum Gasteiger partial charge on any atom is -0.405 e. The first-order valence-corrected chi connectivity index (χ1v) is 16.0. The first-order chi connectivity index (χ1) is 20.9. The lowest BCUT2D eigenvalue weighted by Crippen LogP contribution is -2.53. The minimum atomic E-state index is -4.67. The second kappa shape index (κ2) is 21.9. The first-order valence-electron chi connectivity index (χ1n) is 16.0. The van der Waals surface area contributed by atoms with E-state index in [0.29, 0.717) is 18.2 Å². The van der Waals surface area contributed by atoms with E-state index in [0.717, 1.165) is 49.8 Å².